The summed E-state index contributed by atoms with van der Waals surface area (Å²) in [6, 6.07) is 12.5. The third kappa shape index (κ3) is 7.54. The lowest BCUT2D eigenvalue weighted by Gasteiger charge is -2.20. The van der Waals surface area contributed by atoms with Crippen LogP contribution in [0.25, 0.3) is 0 Å². The van der Waals surface area contributed by atoms with E-state index >= 15 is 0 Å². The number of anilines is 1. The van der Waals surface area contributed by atoms with Gasteiger partial charge in [-0.15, -0.1) is 0 Å². The zero-order valence-corrected chi connectivity index (χ0v) is 21.3. The molecule has 2 aromatic carbocycles. The quantitative estimate of drug-likeness (QED) is 0.350. The van der Waals surface area contributed by atoms with Gasteiger partial charge in [-0.1, -0.05) is 48.2 Å². The molecule has 2 N–H and O–H groups in total. The Morgan fingerprint density at radius 2 is 1.85 bits per heavy atom. The van der Waals surface area contributed by atoms with Crippen LogP contribution in [0.3, 0.4) is 0 Å². The van der Waals surface area contributed by atoms with E-state index in [0.29, 0.717) is 29.2 Å². The van der Waals surface area contributed by atoms with Crippen LogP contribution in [-0.4, -0.2) is 41.5 Å². The number of halogens is 1. The Labute approximate surface area is 209 Å². The fourth-order valence-corrected chi connectivity index (χ4v) is 4.22. The third-order valence-electron chi connectivity index (χ3n) is 5.43. The maximum absolute atomic E-state index is 12.9. The van der Waals surface area contributed by atoms with Gasteiger partial charge in [0.1, 0.15) is 5.75 Å². The topological polar surface area (TPSA) is 70.7 Å². The predicted molar refractivity (Wildman–Crippen MR) is 139 cm³/mol. The van der Waals surface area contributed by atoms with E-state index in [1.807, 2.05) is 23.1 Å². The van der Waals surface area contributed by atoms with Crippen molar-refractivity contribution in [2.24, 2.45) is 0 Å². The number of nitrogens with zero attached hydrogens (tertiary/aromatic N) is 1. The lowest BCUT2D eigenvalue weighted by atomic mass is 10.1. The zero-order valence-electron chi connectivity index (χ0n) is 18.9. The summed E-state index contributed by atoms with van der Waals surface area (Å²) in [6.07, 6.45) is 6.33. The first-order chi connectivity index (χ1) is 16.0. The minimum absolute atomic E-state index is 0.0264. The van der Waals surface area contributed by atoms with Gasteiger partial charge in [-0.3, -0.25) is 14.9 Å². The molecule has 0 unspecified atom stereocenters. The maximum Gasteiger partial charge on any atom is 0.261 e. The molecule has 0 atom stereocenters. The first-order valence-electron chi connectivity index (χ1n) is 11.4. The number of carbonyl (C=O) groups excluding carboxylic acids is 2. The van der Waals surface area contributed by atoms with Gasteiger partial charge >= 0.3 is 0 Å². The molecule has 0 radical (unpaired) electrons. The van der Waals surface area contributed by atoms with Gasteiger partial charge < -0.3 is 15.0 Å². The summed E-state index contributed by atoms with van der Waals surface area (Å²) < 4.78 is 6.55. The van der Waals surface area contributed by atoms with Gasteiger partial charge in [0.2, 0.25) is 0 Å². The molecular weight excluding hydrogens is 502 g/mol. The Hall–Kier alpha value is -2.45. The standard InChI is InChI=1S/C25H30BrN3O3S/c1-2-3-15-32-22-12-11-19(26)17-21(22)23(30)28-25(33)27-20-10-8-9-18(16-20)24(31)29-13-6-4-5-7-14-29/h8-12,16-17H,2-7,13-15H2,1H3,(H2,27,28,30,33). The van der Waals surface area contributed by atoms with Crippen LogP contribution in [0.15, 0.2) is 46.9 Å². The third-order valence-corrected chi connectivity index (χ3v) is 6.13. The van der Waals surface area contributed by atoms with Crippen molar-refractivity contribution in [2.45, 2.75) is 45.4 Å². The number of carbonyl (C=O) groups is 2. The Bertz CT molecular complexity index is 991. The largest absolute Gasteiger partial charge is 0.493 e. The van der Waals surface area contributed by atoms with Crippen molar-refractivity contribution in [2.75, 3.05) is 25.0 Å². The SMILES string of the molecule is CCCCOc1ccc(Br)cc1C(=O)NC(=S)Nc1cccc(C(=O)N2CCCCCC2)c1. The van der Waals surface area contributed by atoms with Crippen molar-refractivity contribution in [3.63, 3.8) is 0 Å². The number of rotatable bonds is 7. The average Bonchev–Trinajstić information content (AvgIpc) is 3.09. The van der Waals surface area contributed by atoms with Crippen LogP contribution in [-0.2, 0) is 0 Å². The number of hydrogen-bond donors (Lipinski definition) is 2. The fraction of sp³-hybridized carbons (Fsp3) is 0.400. The molecule has 8 heteroatoms. The summed E-state index contributed by atoms with van der Waals surface area (Å²) >= 11 is 8.76. The number of thiocarbonyl (C=S) groups is 1. The molecule has 1 aliphatic heterocycles. The number of likely N-dealkylation sites (tertiary alicyclic amines) is 1. The van der Waals surface area contributed by atoms with E-state index in [0.717, 1.165) is 43.2 Å². The molecule has 0 aliphatic carbocycles. The van der Waals surface area contributed by atoms with Crippen LogP contribution < -0.4 is 15.4 Å². The molecule has 1 heterocycles. The van der Waals surface area contributed by atoms with Crippen molar-refractivity contribution >= 4 is 50.8 Å². The molecule has 6 nitrogen and oxygen atoms in total. The number of amides is 2. The molecule has 0 spiro atoms. The summed E-state index contributed by atoms with van der Waals surface area (Å²) in [5.74, 6) is 0.174. The van der Waals surface area contributed by atoms with E-state index in [-0.39, 0.29) is 16.9 Å². The minimum Gasteiger partial charge on any atom is -0.493 e. The van der Waals surface area contributed by atoms with Gasteiger partial charge in [-0.2, -0.15) is 0 Å². The second-order valence-electron chi connectivity index (χ2n) is 8.04. The van der Waals surface area contributed by atoms with Crippen molar-refractivity contribution in [3.05, 3.63) is 58.1 Å². The Morgan fingerprint density at radius 3 is 2.58 bits per heavy atom. The molecule has 1 saturated heterocycles. The number of benzene rings is 2. The van der Waals surface area contributed by atoms with E-state index in [9.17, 15) is 9.59 Å². The van der Waals surface area contributed by atoms with Crippen molar-refractivity contribution in [1.82, 2.24) is 10.2 Å². The van der Waals surface area contributed by atoms with Crippen LogP contribution in [0.4, 0.5) is 5.69 Å². The normalized spacial score (nSPS) is 13.7. The van der Waals surface area contributed by atoms with Gasteiger partial charge in [0.15, 0.2) is 5.11 Å². The molecule has 3 rings (SSSR count). The van der Waals surface area contributed by atoms with E-state index in [1.54, 1.807) is 24.3 Å². The number of unbranched alkanes of at least 4 members (excludes halogenated alkanes) is 1. The molecule has 33 heavy (non-hydrogen) atoms. The summed E-state index contributed by atoms with van der Waals surface area (Å²) in [7, 11) is 0. The lowest BCUT2D eigenvalue weighted by molar-refractivity contribution is 0.0761. The van der Waals surface area contributed by atoms with Crippen LogP contribution in [0, 0.1) is 0 Å². The molecule has 1 fully saturated rings. The fourth-order valence-electron chi connectivity index (χ4n) is 3.65. The maximum atomic E-state index is 12.9. The second kappa shape index (κ2) is 12.7. The molecule has 2 amide bonds. The molecular formula is C25H30BrN3O3S. The van der Waals surface area contributed by atoms with E-state index in [1.165, 1.54) is 12.8 Å². The van der Waals surface area contributed by atoms with Crippen LogP contribution in [0.1, 0.15) is 66.2 Å². The highest BCUT2D eigenvalue weighted by atomic mass is 79.9. The summed E-state index contributed by atoms with van der Waals surface area (Å²) in [6.45, 7) is 4.21. The highest BCUT2D eigenvalue weighted by Crippen LogP contribution is 2.24. The highest BCUT2D eigenvalue weighted by molar-refractivity contribution is 9.10. The summed E-state index contributed by atoms with van der Waals surface area (Å²) in [4.78, 5) is 27.7. The smallest absolute Gasteiger partial charge is 0.261 e. The minimum atomic E-state index is -0.364. The Balaban J connectivity index is 1.64. The van der Waals surface area contributed by atoms with Gasteiger partial charge in [-0.05, 0) is 67.9 Å². The molecule has 176 valence electrons. The number of nitrogens with one attached hydrogen (secondary N) is 2. The molecule has 0 aromatic heterocycles. The van der Waals surface area contributed by atoms with Gasteiger partial charge in [0, 0.05) is 28.8 Å². The summed E-state index contributed by atoms with van der Waals surface area (Å²) in [5, 5.41) is 5.88. The number of ether oxygens (including phenoxy) is 1. The van der Waals surface area contributed by atoms with Gasteiger partial charge in [-0.25, -0.2) is 0 Å². The molecule has 1 aliphatic rings. The van der Waals surface area contributed by atoms with Crippen LogP contribution in [0.5, 0.6) is 5.75 Å². The first-order valence-corrected chi connectivity index (χ1v) is 12.6. The van der Waals surface area contributed by atoms with Crippen molar-refractivity contribution < 1.29 is 14.3 Å². The lowest BCUT2D eigenvalue weighted by Crippen LogP contribution is -2.34. The Morgan fingerprint density at radius 1 is 1.09 bits per heavy atom. The van der Waals surface area contributed by atoms with E-state index < -0.39 is 0 Å². The predicted octanol–water partition coefficient (Wildman–Crippen LogP) is 5.77. The van der Waals surface area contributed by atoms with E-state index in [4.69, 9.17) is 17.0 Å². The van der Waals surface area contributed by atoms with Crippen LogP contribution >= 0.6 is 28.1 Å². The van der Waals surface area contributed by atoms with Crippen LogP contribution in [0.2, 0.25) is 0 Å². The van der Waals surface area contributed by atoms with Gasteiger partial charge in [0.05, 0.1) is 12.2 Å². The molecule has 0 bridgehead atoms. The van der Waals surface area contributed by atoms with Crippen molar-refractivity contribution in [3.8, 4) is 5.75 Å². The zero-order chi connectivity index (χ0) is 23.6. The molecule has 0 saturated carbocycles. The summed E-state index contributed by atoms with van der Waals surface area (Å²) in [5.41, 5.74) is 1.65. The Kier molecular flexibility index (Phi) is 9.69. The van der Waals surface area contributed by atoms with E-state index in [2.05, 4.69) is 33.5 Å². The molecule has 2 aromatic rings. The second-order valence-corrected chi connectivity index (χ2v) is 9.36. The van der Waals surface area contributed by atoms with Crippen molar-refractivity contribution in [1.29, 1.82) is 0 Å². The highest BCUT2D eigenvalue weighted by Gasteiger charge is 2.18. The number of hydrogen-bond acceptors (Lipinski definition) is 4. The average molecular weight is 533 g/mol. The van der Waals surface area contributed by atoms with Gasteiger partial charge in [0.25, 0.3) is 11.8 Å². The monoisotopic (exact) mass is 531 g/mol. The first kappa shape index (κ1) is 25.2.